The largest absolute Gasteiger partial charge is 0.445 e. The first-order valence-corrected chi connectivity index (χ1v) is 7.38. The lowest BCUT2D eigenvalue weighted by Gasteiger charge is -2.16. The Morgan fingerprint density at radius 3 is 2.26 bits per heavy atom. The first-order chi connectivity index (χ1) is 11.2. The van der Waals surface area contributed by atoms with Gasteiger partial charge in [-0.05, 0) is 12.0 Å². The van der Waals surface area contributed by atoms with Crippen LogP contribution in [0.15, 0.2) is 73.3 Å². The number of hydrogen-bond acceptors (Lipinski definition) is 3. The van der Waals surface area contributed by atoms with Crippen LogP contribution in [0.2, 0.25) is 0 Å². The lowest BCUT2D eigenvalue weighted by atomic mass is 10.0. The molecule has 1 N–H and O–H groups in total. The predicted octanol–water partition coefficient (Wildman–Crippen LogP) is 3.74. The summed E-state index contributed by atoms with van der Waals surface area (Å²) in [6.45, 7) is 3.79. The van der Waals surface area contributed by atoms with Gasteiger partial charge in [-0.15, -0.1) is 6.58 Å². The molecule has 0 unspecified atom stereocenters. The van der Waals surface area contributed by atoms with Crippen molar-refractivity contribution in [2.75, 3.05) is 0 Å². The normalized spacial score (nSPS) is 11.3. The zero-order valence-electron chi connectivity index (χ0n) is 12.8. The number of ether oxygens (including phenoxy) is 1. The van der Waals surface area contributed by atoms with Gasteiger partial charge in [-0.2, -0.15) is 0 Å². The number of rotatable bonds is 7. The van der Waals surface area contributed by atoms with Gasteiger partial charge in [0, 0.05) is 5.56 Å². The molecule has 4 heteroatoms. The van der Waals surface area contributed by atoms with Gasteiger partial charge in [-0.25, -0.2) is 4.79 Å². The van der Waals surface area contributed by atoms with E-state index in [-0.39, 0.29) is 12.4 Å². The highest BCUT2D eigenvalue weighted by atomic mass is 16.5. The average molecular weight is 309 g/mol. The first-order valence-electron chi connectivity index (χ1n) is 7.38. The number of Topliss-reactive ketones (excluding diaryl/α,β-unsaturated/α-hetero) is 1. The average Bonchev–Trinajstić information content (AvgIpc) is 2.60. The van der Waals surface area contributed by atoms with E-state index < -0.39 is 12.1 Å². The lowest BCUT2D eigenvalue weighted by Crippen LogP contribution is -2.40. The highest BCUT2D eigenvalue weighted by Crippen LogP contribution is 2.08. The summed E-state index contributed by atoms with van der Waals surface area (Å²) in [5.41, 5.74) is 1.43. The second-order valence-corrected chi connectivity index (χ2v) is 5.01. The van der Waals surface area contributed by atoms with Crippen LogP contribution in [0.5, 0.6) is 0 Å². The summed E-state index contributed by atoms with van der Waals surface area (Å²) >= 11 is 0. The Kier molecular flexibility index (Phi) is 6.12. The first kappa shape index (κ1) is 16.5. The number of carbonyl (C=O) groups is 2. The molecule has 1 atom stereocenters. The van der Waals surface area contributed by atoms with E-state index in [0.717, 1.165) is 5.56 Å². The SMILES string of the molecule is C=CC[C@@H](NC(=O)OCc1ccccc1)C(=O)c1ccccc1. The summed E-state index contributed by atoms with van der Waals surface area (Å²) in [4.78, 5) is 24.3. The van der Waals surface area contributed by atoms with Crippen molar-refractivity contribution in [2.24, 2.45) is 0 Å². The van der Waals surface area contributed by atoms with Crippen molar-refractivity contribution < 1.29 is 14.3 Å². The maximum Gasteiger partial charge on any atom is 0.408 e. The number of benzene rings is 2. The van der Waals surface area contributed by atoms with Gasteiger partial charge in [0.15, 0.2) is 5.78 Å². The van der Waals surface area contributed by atoms with Gasteiger partial charge in [0.1, 0.15) is 6.61 Å². The fourth-order valence-corrected chi connectivity index (χ4v) is 2.11. The summed E-state index contributed by atoms with van der Waals surface area (Å²) in [5, 5.41) is 2.60. The molecule has 0 heterocycles. The van der Waals surface area contributed by atoms with E-state index in [4.69, 9.17) is 4.74 Å². The molecule has 4 nitrogen and oxygen atoms in total. The minimum Gasteiger partial charge on any atom is -0.445 e. The van der Waals surface area contributed by atoms with Gasteiger partial charge in [-0.3, -0.25) is 4.79 Å². The summed E-state index contributed by atoms with van der Waals surface area (Å²) in [5.74, 6) is -0.165. The van der Waals surface area contributed by atoms with Crippen LogP contribution >= 0.6 is 0 Å². The molecule has 23 heavy (non-hydrogen) atoms. The van der Waals surface area contributed by atoms with Crippen LogP contribution in [0.3, 0.4) is 0 Å². The fourth-order valence-electron chi connectivity index (χ4n) is 2.11. The molecule has 0 spiro atoms. The number of amides is 1. The molecule has 2 aromatic carbocycles. The Bertz CT molecular complexity index is 653. The monoisotopic (exact) mass is 309 g/mol. The van der Waals surface area contributed by atoms with E-state index in [2.05, 4.69) is 11.9 Å². The van der Waals surface area contributed by atoms with Gasteiger partial charge in [0.25, 0.3) is 0 Å². The molecule has 0 aliphatic rings. The van der Waals surface area contributed by atoms with Crippen molar-refractivity contribution in [1.29, 1.82) is 0 Å². The van der Waals surface area contributed by atoms with Gasteiger partial charge in [-0.1, -0.05) is 66.7 Å². The fraction of sp³-hybridized carbons (Fsp3) is 0.158. The Morgan fingerprint density at radius 1 is 1.04 bits per heavy atom. The van der Waals surface area contributed by atoms with Gasteiger partial charge >= 0.3 is 6.09 Å². The van der Waals surface area contributed by atoms with E-state index >= 15 is 0 Å². The Balaban J connectivity index is 1.94. The van der Waals surface area contributed by atoms with E-state index in [1.54, 1.807) is 30.3 Å². The van der Waals surface area contributed by atoms with E-state index in [1.165, 1.54) is 0 Å². The summed E-state index contributed by atoms with van der Waals surface area (Å²) in [7, 11) is 0. The van der Waals surface area contributed by atoms with E-state index in [9.17, 15) is 9.59 Å². The van der Waals surface area contributed by atoms with Crippen LogP contribution < -0.4 is 5.32 Å². The van der Waals surface area contributed by atoms with E-state index in [0.29, 0.717) is 12.0 Å². The van der Waals surface area contributed by atoms with Crippen LogP contribution in [-0.4, -0.2) is 17.9 Å². The Labute approximate surface area is 135 Å². The van der Waals surface area contributed by atoms with E-state index in [1.807, 2.05) is 36.4 Å². The zero-order chi connectivity index (χ0) is 16.5. The number of nitrogens with one attached hydrogen (secondary N) is 1. The molecule has 2 aromatic rings. The third-order valence-corrected chi connectivity index (χ3v) is 3.28. The van der Waals surface area contributed by atoms with Crippen LogP contribution in [0, 0.1) is 0 Å². The molecule has 0 saturated heterocycles. The van der Waals surface area contributed by atoms with Gasteiger partial charge in [0.05, 0.1) is 6.04 Å². The molecule has 1 amide bonds. The Hall–Kier alpha value is -2.88. The van der Waals surface area contributed by atoms with Crippen molar-refractivity contribution in [3.63, 3.8) is 0 Å². The molecule has 0 saturated carbocycles. The number of ketones is 1. The molecule has 0 radical (unpaired) electrons. The number of alkyl carbamates (subject to hydrolysis) is 1. The third kappa shape index (κ3) is 5.11. The topological polar surface area (TPSA) is 55.4 Å². The quantitative estimate of drug-likeness (QED) is 0.626. The maximum atomic E-state index is 12.4. The molecular weight excluding hydrogens is 290 g/mol. The smallest absolute Gasteiger partial charge is 0.408 e. The van der Waals surface area contributed by atoms with Crippen molar-refractivity contribution in [3.8, 4) is 0 Å². The second-order valence-electron chi connectivity index (χ2n) is 5.01. The molecule has 2 rings (SSSR count). The summed E-state index contributed by atoms with van der Waals surface area (Å²) in [6, 6.07) is 17.5. The van der Waals surface area contributed by atoms with Crippen LogP contribution in [0.1, 0.15) is 22.3 Å². The summed E-state index contributed by atoms with van der Waals surface area (Å²) < 4.78 is 5.15. The van der Waals surface area contributed by atoms with Crippen molar-refractivity contribution in [3.05, 3.63) is 84.4 Å². The number of carbonyl (C=O) groups excluding carboxylic acids is 2. The minimum absolute atomic E-state index is 0.160. The number of hydrogen-bond donors (Lipinski definition) is 1. The highest BCUT2D eigenvalue weighted by molar-refractivity contribution is 6.01. The lowest BCUT2D eigenvalue weighted by molar-refractivity contribution is 0.0918. The molecule has 0 aromatic heterocycles. The second kappa shape index (κ2) is 8.54. The van der Waals surface area contributed by atoms with Gasteiger partial charge in [0.2, 0.25) is 0 Å². The van der Waals surface area contributed by atoms with Gasteiger partial charge < -0.3 is 10.1 Å². The molecule has 0 aliphatic heterocycles. The minimum atomic E-state index is -0.682. The molecule has 0 fully saturated rings. The third-order valence-electron chi connectivity index (χ3n) is 3.28. The maximum absolute atomic E-state index is 12.4. The Morgan fingerprint density at radius 2 is 1.65 bits per heavy atom. The zero-order valence-corrected chi connectivity index (χ0v) is 12.8. The van der Waals surface area contributed by atoms with Crippen LogP contribution in [0.25, 0.3) is 0 Å². The van der Waals surface area contributed by atoms with Crippen LogP contribution in [0.4, 0.5) is 4.79 Å². The highest BCUT2D eigenvalue weighted by Gasteiger charge is 2.21. The molecule has 0 bridgehead atoms. The predicted molar refractivity (Wildman–Crippen MR) is 89.1 cm³/mol. The standard InChI is InChI=1S/C19H19NO3/c1-2-9-17(18(21)16-12-7-4-8-13-16)20-19(22)23-14-15-10-5-3-6-11-15/h2-8,10-13,17H,1,9,14H2,(H,20,22)/t17-/m1/s1. The van der Waals surface area contributed by atoms with Crippen LogP contribution in [-0.2, 0) is 11.3 Å². The molecule has 0 aliphatic carbocycles. The van der Waals surface area contributed by atoms with Crippen molar-refractivity contribution >= 4 is 11.9 Å². The van der Waals surface area contributed by atoms with Crippen molar-refractivity contribution in [2.45, 2.75) is 19.1 Å². The summed E-state index contributed by atoms with van der Waals surface area (Å²) in [6.07, 6.45) is 1.32. The molecule has 118 valence electrons. The van der Waals surface area contributed by atoms with Crippen molar-refractivity contribution in [1.82, 2.24) is 5.32 Å². The molecular formula is C19H19NO3.